The van der Waals surface area contributed by atoms with E-state index < -0.39 is 0 Å². The SMILES string of the molecule is C[C@H]1CC=C[C@]2(C1)C[C@]1(CC[C@@]3(CCC4(CCCC4)C3)C1)C[C@@H]1[C@H]3Cc4cc(O)cc(c4)Cc4ccccc4CN[C@H](C)CSS[C@H]4C=C[C@]12C[C@H]4C3. The van der Waals surface area contributed by atoms with E-state index in [-0.39, 0.29) is 10.8 Å². The number of aromatic hydroxyl groups is 1. The van der Waals surface area contributed by atoms with E-state index in [4.69, 9.17) is 0 Å². The summed E-state index contributed by atoms with van der Waals surface area (Å²) in [6.45, 7) is 5.83. The van der Waals surface area contributed by atoms with Gasteiger partial charge in [-0.1, -0.05) is 96.0 Å². The van der Waals surface area contributed by atoms with Crippen LogP contribution in [-0.4, -0.2) is 22.2 Å². The normalized spacial score (nSPS) is 43.1. The third-order valence-corrected chi connectivity index (χ3v) is 20.2. The Kier molecular flexibility index (Phi) is 9.11. The van der Waals surface area contributed by atoms with Gasteiger partial charge in [0.05, 0.1) is 0 Å². The Morgan fingerprint density at radius 2 is 1.55 bits per heavy atom. The van der Waals surface area contributed by atoms with Crippen molar-refractivity contribution in [3.05, 3.63) is 89.0 Å². The summed E-state index contributed by atoms with van der Waals surface area (Å²) in [7, 11) is 4.30. The van der Waals surface area contributed by atoms with Gasteiger partial charge in [0.25, 0.3) is 0 Å². The fraction of sp³-hybridized carbons (Fsp3) is 0.673. The molecule has 0 amide bonds. The molecule has 0 saturated heterocycles. The Hall–Kier alpha value is -1.62. The Bertz CT molecular complexity index is 1760. The summed E-state index contributed by atoms with van der Waals surface area (Å²) in [5.74, 6) is 4.45. The molecule has 5 saturated carbocycles. The third-order valence-electron chi connectivity index (χ3n) is 17.2. The lowest BCUT2D eigenvalue weighted by Crippen LogP contribution is -2.61. The second-order valence-electron chi connectivity index (χ2n) is 20.8. The summed E-state index contributed by atoms with van der Waals surface area (Å²) in [5.41, 5.74) is 7.76. The zero-order valence-electron chi connectivity index (χ0n) is 32.7. The molecule has 0 unspecified atom stereocenters. The van der Waals surface area contributed by atoms with Gasteiger partial charge in [-0.25, -0.2) is 0 Å². The van der Waals surface area contributed by atoms with Crippen LogP contribution in [0, 0.1) is 50.7 Å². The maximum absolute atomic E-state index is 11.3. The van der Waals surface area contributed by atoms with Gasteiger partial charge >= 0.3 is 0 Å². The highest BCUT2D eigenvalue weighted by molar-refractivity contribution is 8.77. The van der Waals surface area contributed by atoms with Crippen LogP contribution < -0.4 is 5.32 Å². The van der Waals surface area contributed by atoms with Crippen molar-refractivity contribution in [3.8, 4) is 5.75 Å². The number of hydrogen-bond acceptors (Lipinski definition) is 4. The van der Waals surface area contributed by atoms with E-state index in [1.807, 2.05) is 6.07 Å². The van der Waals surface area contributed by atoms with Crippen LogP contribution in [0.5, 0.6) is 5.75 Å². The molecule has 5 bridgehead atoms. The fourth-order valence-corrected chi connectivity index (χ4v) is 18.3. The number of rotatable bonds is 0. The van der Waals surface area contributed by atoms with Crippen molar-refractivity contribution in [1.29, 1.82) is 0 Å². The first kappa shape index (κ1) is 35.8. The molecule has 2 nitrogen and oxygen atoms in total. The lowest BCUT2D eigenvalue weighted by atomic mass is 9.36. The lowest BCUT2D eigenvalue weighted by molar-refractivity contribution is -0.136. The monoisotopic (exact) mass is 747 g/mol. The largest absolute Gasteiger partial charge is 0.508 e. The molecular formula is C49H65NOS2. The van der Waals surface area contributed by atoms with E-state index >= 15 is 0 Å². The number of fused-ring (bicyclic) bond motifs is 5. The second kappa shape index (κ2) is 13.5. The average Bonchev–Trinajstić information content (AvgIpc) is 3.84. The van der Waals surface area contributed by atoms with Crippen molar-refractivity contribution < 1.29 is 5.11 Å². The van der Waals surface area contributed by atoms with Crippen LogP contribution in [0.3, 0.4) is 0 Å². The molecule has 7 aliphatic carbocycles. The number of phenolic OH excluding ortho intramolecular Hbond substituents is 1. The van der Waals surface area contributed by atoms with Crippen molar-refractivity contribution in [2.45, 2.75) is 147 Å². The molecule has 0 radical (unpaired) electrons. The van der Waals surface area contributed by atoms with Gasteiger partial charge in [-0.05, 0) is 189 Å². The van der Waals surface area contributed by atoms with Crippen LogP contribution in [0.25, 0.3) is 0 Å². The van der Waals surface area contributed by atoms with Gasteiger partial charge in [0, 0.05) is 29.0 Å². The predicted octanol–water partition coefficient (Wildman–Crippen LogP) is 12.6. The molecule has 0 aromatic heterocycles. The van der Waals surface area contributed by atoms with E-state index in [0.29, 0.717) is 45.1 Å². The predicted molar refractivity (Wildman–Crippen MR) is 225 cm³/mol. The minimum atomic E-state index is 0.257. The summed E-state index contributed by atoms with van der Waals surface area (Å²) in [6, 6.07) is 16.1. The fourth-order valence-electron chi connectivity index (χ4n) is 15.3. The number of phenols is 1. The van der Waals surface area contributed by atoms with E-state index in [1.165, 1.54) is 119 Å². The van der Waals surface area contributed by atoms with Crippen molar-refractivity contribution in [2.24, 2.45) is 50.7 Å². The van der Waals surface area contributed by atoms with Gasteiger partial charge in [-0.2, -0.15) is 0 Å². The highest BCUT2D eigenvalue weighted by Crippen LogP contribution is 2.77. The molecule has 4 heteroatoms. The summed E-state index contributed by atoms with van der Waals surface area (Å²) >= 11 is 0. The van der Waals surface area contributed by atoms with Crippen molar-refractivity contribution in [3.63, 3.8) is 0 Å². The maximum atomic E-state index is 11.3. The lowest BCUT2D eigenvalue weighted by Gasteiger charge is -2.68. The number of allylic oxidation sites excluding steroid dienone is 3. The Morgan fingerprint density at radius 1 is 0.774 bits per heavy atom. The Balaban J connectivity index is 1.05. The van der Waals surface area contributed by atoms with Crippen LogP contribution in [0.4, 0.5) is 0 Å². The molecule has 2 aromatic carbocycles. The molecule has 10 rings (SSSR count). The summed E-state index contributed by atoms with van der Waals surface area (Å²) in [5, 5.41) is 15.7. The van der Waals surface area contributed by atoms with E-state index in [0.717, 1.165) is 37.0 Å². The molecule has 5 fully saturated rings. The standard InChI is InChI=1S/C49H65NOS2/c1-34-8-7-14-48(26-34)33-47(19-18-46(32-47)17-16-45(31-46)12-5-6-13-45)28-43-40-22-37-20-36(23-42(51)24-37)21-38-9-3-4-10-39(38)29-50-35(2)30-52-53-44-11-15-49(43,48)27-41(44)25-40/h3-4,7,9-11,14-15,20,23-24,34-35,40-41,43-44,50-51H,5-6,8,12-13,16-19,21-22,25-33H2,1-2H3/t34-,35+,40-,41+,43+,44-,46+,47+,48-,49-/m0/s1. The Morgan fingerprint density at radius 3 is 2.40 bits per heavy atom. The first-order valence-electron chi connectivity index (χ1n) is 21.9. The van der Waals surface area contributed by atoms with E-state index in [2.05, 4.69) is 101 Å². The Labute approximate surface area is 329 Å². The van der Waals surface area contributed by atoms with Crippen LogP contribution in [0.1, 0.15) is 139 Å². The maximum Gasteiger partial charge on any atom is 0.116 e. The molecule has 10 atom stereocenters. The number of benzene rings is 2. The zero-order valence-corrected chi connectivity index (χ0v) is 34.4. The molecule has 53 heavy (non-hydrogen) atoms. The highest BCUT2D eigenvalue weighted by atomic mass is 33.1. The third kappa shape index (κ3) is 6.34. The van der Waals surface area contributed by atoms with Gasteiger partial charge in [-0.15, -0.1) is 0 Å². The highest BCUT2D eigenvalue weighted by Gasteiger charge is 2.68. The van der Waals surface area contributed by atoms with E-state index in [9.17, 15) is 5.11 Å². The first-order valence-corrected chi connectivity index (χ1v) is 24.3. The number of nitrogens with one attached hydrogen (secondary N) is 1. The molecule has 2 aromatic rings. The number of hydrogen-bond donors (Lipinski definition) is 2. The van der Waals surface area contributed by atoms with Crippen molar-refractivity contribution >= 4 is 21.6 Å². The topological polar surface area (TPSA) is 32.3 Å². The van der Waals surface area contributed by atoms with E-state index in [1.54, 1.807) is 6.42 Å². The quantitative estimate of drug-likeness (QED) is 0.208. The average molecular weight is 748 g/mol. The smallest absolute Gasteiger partial charge is 0.116 e. The van der Waals surface area contributed by atoms with Crippen LogP contribution in [0.15, 0.2) is 66.8 Å². The van der Waals surface area contributed by atoms with Gasteiger partial charge in [0.15, 0.2) is 0 Å². The molecule has 5 spiro atoms. The summed E-state index contributed by atoms with van der Waals surface area (Å²) in [4.78, 5) is 0. The van der Waals surface area contributed by atoms with Crippen LogP contribution >= 0.6 is 21.6 Å². The molecular weight excluding hydrogens is 683 g/mol. The molecule has 284 valence electrons. The molecule has 1 aliphatic heterocycles. The van der Waals surface area contributed by atoms with Crippen molar-refractivity contribution in [1.82, 2.24) is 5.32 Å². The van der Waals surface area contributed by atoms with Gasteiger partial charge in [0.2, 0.25) is 0 Å². The molecule has 8 aliphatic rings. The van der Waals surface area contributed by atoms with Crippen molar-refractivity contribution in [2.75, 3.05) is 5.75 Å². The minimum Gasteiger partial charge on any atom is -0.508 e. The second-order valence-corrected chi connectivity index (χ2v) is 23.4. The first-order chi connectivity index (χ1) is 25.7. The van der Waals surface area contributed by atoms with Gasteiger partial charge in [0.1, 0.15) is 5.75 Å². The summed E-state index contributed by atoms with van der Waals surface area (Å²) in [6.07, 6.45) is 36.6. The minimum absolute atomic E-state index is 0.257. The van der Waals surface area contributed by atoms with Gasteiger partial charge in [-0.3, -0.25) is 0 Å². The van der Waals surface area contributed by atoms with Gasteiger partial charge < -0.3 is 10.4 Å². The zero-order chi connectivity index (χ0) is 35.9. The summed E-state index contributed by atoms with van der Waals surface area (Å²) < 4.78 is 0. The van der Waals surface area contributed by atoms with Crippen LogP contribution in [0.2, 0.25) is 0 Å². The van der Waals surface area contributed by atoms with Crippen LogP contribution in [-0.2, 0) is 19.4 Å². The molecule has 2 N–H and O–H groups in total. The molecule has 1 heterocycles.